The highest BCUT2D eigenvalue weighted by Gasteiger charge is 2.21. The number of aryl methyl sites for hydroxylation is 1. The first-order valence-corrected chi connectivity index (χ1v) is 7.17. The maximum Gasteiger partial charge on any atom is 0.342 e. The lowest BCUT2D eigenvalue weighted by atomic mass is 10.2. The van der Waals surface area contributed by atoms with Crippen molar-refractivity contribution in [3.63, 3.8) is 0 Å². The quantitative estimate of drug-likeness (QED) is 0.761. The van der Waals surface area contributed by atoms with Crippen LogP contribution < -0.4 is 4.90 Å². The number of carbonyl (C=O) groups is 2. The number of benzene rings is 1. The fraction of sp³-hybridized carbons (Fsp3) is 0.235. The molecule has 0 saturated heterocycles. The number of rotatable bonds is 6. The van der Waals surface area contributed by atoms with Crippen molar-refractivity contribution in [1.29, 1.82) is 5.26 Å². The molecular formula is C17H15FN2O4. The smallest absolute Gasteiger partial charge is 0.342 e. The highest BCUT2D eigenvalue weighted by molar-refractivity contribution is 5.97. The van der Waals surface area contributed by atoms with E-state index in [1.165, 1.54) is 30.5 Å². The SMILES string of the molecule is Cc1occc1C(=O)OCC(=O)N(CCC#N)c1ccccc1F. The van der Waals surface area contributed by atoms with Crippen molar-refractivity contribution < 1.29 is 23.1 Å². The van der Waals surface area contributed by atoms with Gasteiger partial charge in [-0.2, -0.15) is 5.26 Å². The van der Waals surface area contributed by atoms with E-state index in [2.05, 4.69) is 0 Å². The summed E-state index contributed by atoms with van der Waals surface area (Å²) in [6.07, 6.45) is 1.36. The van der Waals surface area contributed by atoms with Crippen LogP contribution in [-0.2, 0) is 9.53 Å². The van der Waals surface area contributed by atoms with Crippen LogP contribution >= 0.6 is 0 Å². The summed E-state index contributed by atoms with van der Waals surface area (Å²) >= 11 is 0. The molecule has 7 heteroatoms. The Labute approximate surface area is 138 Å². The van der Waals surface area contributed by atoms with Crippen LogP contribution in [0, 0.1) is 24.1 Å². The minimum absolute atomic E-state index is 0.00143. The minimum Gasteiger partial charge on any atom is -0.469 e. The number of carbonyl (C=O) groups excluding carboxylic acids is 2. The molecule has 0 spiro atoms. The monoisotopic (exact) mass is 330 g/mol. The average molecular weight is 330 g/mol. The lowest BCUT2D eigenvalue weighted by molar-refractivity contribution is -0.121. The molecule has 1 amide bonds. The topological polar surface area (TPSA) is 83.5 Å². The number of para-hydroxylation sites is 1. The third-order valence-electron chi connectivity index (χ3n) is 3.30. The van der Waals surface area contributed by atoms with Crippen LogP contribution in [0.3, 0.4) is 0 Å². The van der Waals surface area contributed by atoms with Crippen LogP contribution in [0.1, 0.15) is 22.5 Å². The molecule has 1 aromatic carbocycles. The zero-order valence-electron chi connectivity index (χ0n) is 13.0. The van der Waals surface area contributed by atoms with E-state index in [1.54, 1.807) is 13.0 Å². The lowest BCUT2D eigenvalue weighted by Crippen LogP contribution is -2.36. The van der Waals surface area contributed by atoms with E-state index in [0.717, 1.165) is 4.90 Å². The lowest BCUT2D eigenvalue weighted by Gasteiger charge is -2.22. The molecule has 2 aromatic rings. The molecule has 0 fully saturated rings. The molecule has 124 valence electrons. The van der Waals surface area contributed by atoms with Crippen molar-refractivity contribution in [3.05, 3.63) is 53.7 Å². The molecule has 0 saturated carbocycles. The van der Waals surface area contributed by atoms with Crippen LogP contribution in [0.2, 0.25) is 0 Å². The van der Waals surface area contributed by atoms with Crippen molar-refractivity contribution >= 4 is 17.6 Å². The van der Waals surface area contributed by atoms with Crippen LogP contribution in [0.25, 0.3) is 0 Å². The summed E-state index contributed by atoms with van der Waals surface area (Å²) in [5, 5.41) is 8.71. The van der Waals surface area contributed by atoms with Crippen molar-refractivity contribution in [2.75, 3.05) is 18.1 Å². The predicted molar refractivity (Wildman–Crippen MR) is 82.7 cm³/mol. The van der Waals surface area contributed by atoms with Gasteiger partial charge >= 0.3 is 5.97 Å². The average Bonchev–Trinajstić information content (AvgIpc) is 3.00. The Kier molecular flexibility index (Phi) is 5.68. The van der Waals surface area contributed by atoms with Crippen LogP contribution in [0.15, 0.2) is 41.0 Å². The molecule has 0 aliphatic heterocycles. The number of nitrogens with zero attached hydrogens (tertiary/aromatic N) is 2. The Morgan fingerprint density at radius 3 is 2.71 bits per heavy atom. The number of esters is 1. The molecule has 0 N–H and O–H groups in total. The van der Waals surface area contributed by atoms with Crippen molar-refractivity contribution in [1.82, 2.24) is 0 Å². The third-order valence-corrected chi connectivity index (χ3v) is 3.30. The summed E-state index contributed by atoms with van der Waals surface area (Å²) < 4.78 is 23.9. The molecule has 0 unspecified atom stereocenters. The normalized spacial score (nSPS) is 10.0. The summed E-state index contributed by atoms with van der Waals surface area (Å²) in [6, 6.07) is 9.04. The molecule has 2 rings (SSSR count). The Hall–Kier alpha value is -3.14. The summed E-state index contributed by atoms with van der Waals surface area (Å²) in [5.74, 6) is -1.54. The van der Waals surface area contributed by atoms with Crippen molar-refractivity contribution in [2.45, 2.75) is 13.3 Å². The number of anilines is 1. The van der Waals surface area contributed by atoms with Gasteiger partial charge in [0.05, 0.1) is 24.4 Å². The van der Waals surface area contributed by atoms with Crippen LogP contribution in [0.4, 0.5) is 10.1 Å². The zero-order chi connectivity index (χ0) is 17.5. The first kappa shape index (κ1) is 17.2. The fourth-order valence-electron chi connectivity index (χ4n) is 2.09. The second kappa shape index (κ2) is 7.92. The van der Waals surface area contributed by atoms with Gasteiger partial charge in [0, 0.05) is 6.54 Å². The Morgan fingerprint density at radius 2 is 2.08 bits per heavy atom. The van der Waals surface area contributed by atoms with Gasteiger partial charge in [-0.3, -0.25) is 4.79 Å². The maximum atomic E-state index is 13.9. The Morgan fingerprint density at radius 1 is 1.33 bits per heavy atom. The van der Waals surface area contributed by atoms with E-state index in [9.17, 15) is 14.0 Å². The van der Waals surface area contributed by atoms with Gasteiger partial charge in [0.25, 0.3) is 5.91 Å². The highest BCUT2D eigenvalue weighted by atomic mass is 19.1. The van der Waals surface area contributed by atoms with E-state index in [-0.39, 0.29) is 24.2 Å². The van der Waals surface area contributed by atoms with E-state index < -0.39 is 24.3 Å². The molecular weight excluding hydrogens is 315 g/mol. The summed E-state index contributed by atoms with van der Waals surface area (Å²) in [4.78, 5) is 25.3. The summed E-state index contributed by atoms with van der Waals surface area (Å²) in [7, 11) is 0. The van der Waals surface area contributed by atoms with Crippen LogP contribution in [0.5, 0.6) is 0 Å². The van der Waals surface area contributed by atoms with Gasteiger partial charge < -0.3 is 14.1 Å². The number of halogens is 1. The number of hydrogen-bond donors (Lipinski definition) is 0. The van der Waals surface area contributed by atoms with Gasteiger partial charge in [0.15, 0.2) is 6.61 Å². The molecule has 0 aliphatic carbocycles. The number of hydrogen-bond acceptors (Lipinski definition) is 5. The third kappa shape index (κ3) is 3.98. The number of amides is 1. The van der Waals surface area contributed by atoms with Gasteiger partial charge in [-0.1, -0.05) is 12.1 Å². The molecule has 0 radical (unpaired) electrons. The summed E-state index contributed by atoms with van der Waals surface area (Å²) in [5.41, 5.74) is 0.255. The van der Waals surface area contributed by atoms with E-state index in [0.29, 0.717) is 5.76 Å². The van der Waals surface area contributed by atoms with Gasteiger partial charge in [0.1, 0.15) is 17.1 Å². The number of ether oxygens (including phenoxy) is 1. The van der Waals surface area contributed by atoms with Gasteiger partial charge in [-0.25, -0.2) is 9.18 Å². The van der Waals surface area contributed by atoms with Crippen LogP contribution in [-0.4, -0.2) is 25.0 Å². The molecule has 0 bridgehead atoms. The largest absolute Gasteiger partial charge is 0.469 e. The molecule has 0 aliphatic rings. The maximum absolute atomic E-state index is 13.9. The van der Waals surface area contributed by atoms with Gasteiger partial charge in [-0.15, -0.1) is 0 Å². The number of furan rings is 1. The van der Waals surface area contributed by atoms with E-state index in [4.69, 9.17) is 14.4 Å². The predicted octanol–water partition coefficient (Wildman–Crippen LogP) is 2.83. The van der Waals surface area contributed by atoms with E-state index >= 15 is 0 Å². The second-order valence-electron chi connectivity index (χ2n) is 4.87. The van der Waals surface area contributed by atoms with Gasteiger partial charge in [-0.05, 0) is 25.1 Å². The molecule has 1 heterocycles. The summed E-state index contributed by atoms with van der Waals surface area (Å²) in [6.45, 7) is 1.03. The standard InChI is InChI=1S/C17H15FN2O4/c1-12-13(7-10-23-12)17(22)24-11-16(21)20(9-4-8-19)15-6-3-2-5-14(15)18/h2-3,5-7,10H,4,9,11H2,1H3. The molecule has 6 nitrogen and oxygen atoms in total. The minimum atomic E-state index is -0.705. The first-order chi connectivity index (χ1) is 11.5. The highest BCUT2D eigenvalue weighted by Crippen LogP contribution is 2.19. The Balaban J connectivity index is 2.08. The first-order valence-electron chi connectivity index (χ1n) is 7.17. The molecule has 1 aromatic heterocycles. The van der Waals surface area contributed by atoms with E-state index in [1.807, 2.05) is 6.07 Å². The second-order valence-corrected chi connectivity index (χ2v) is 4.87. The molecule has 0 atom stereocenters. The Bertz CT molecular complexity index is 779. The number of nitriles is 1. The fourth-order valence-corrected chi connectivity index (χ4v) is 2.09. The van der Waals surface area contributed by atoms with Crippen molar-refractivity contribution in [3.8, 4) is 6.07 Å². The molecule has 24 heavy (non-hydrogen) atoms. The van der Waals surface area contributed by atoms with Gasteiger partial charge in [0.2, 0.25) is 0 Å². The zero-order valence-corrected chi connectivity index (χ0v) is 13.0. The van der Waals surface area contributed by atoms with Crippen molar-refractivity contribution in [2.24, 2.45) is 0 Å².